The number of carbonyl (C=O) groups excluding carboxylic acids is 1. The monoisotopic (exact) mass is 295 g/mol. The molecule has 1 aromatic carbocycles. The average Bonchev–Trinajstić information content (AvgIpc) is 2.47. The molecule has 2 N–H and O–H groups in total. The molecule has 1 unspecified atom stereocenters. The lowest BCUT2D eigenvalue weighted by Gasteiger charge is -2.31. The van der Waals surface area contributed by atoms with E-state index in [1.807, 2.05) is 18.2 Å². The van der Waals surface area contributed by atoms with Crippen molar-refractivity contribution in [2.24, 2.45) is 0 Å². The molecule has 6 heteroatoms. The van der Waals surface area contributed by atoms with Crippen molar-refractivity contribution in [2.75, 3.05) is 31.8 Å². The number of amides is 2. The minimum atomic E-state index is -0.161. The van der Waals surface area contributed by atoms with E-state index in [2.05, 4.69) is 21.2 Å². The van der Waals surface area contributed by atoms with Crippen LogP contribution in [0, 0.1) is 0 Å². The highest BCUT2D eigenvalue weighted by Gasteiger charge is 2.20. The Labute approximate surface area is 124 Å². The lowest BCUT2D eigenvalue weighted by molar-refractivity contribution is 0.239. The molecule has 0 aromatic heterocycles. The van der Waals surface area contributed by atoms with Gasteiger partial charge >= 0.3 is 6.03 Å². The van der Waals surface area contributed by atoms with Crippen molar-refractivity contribution in [3.8, 4) is 5.75 Å². The molecule has 20 heavy (non-hydrogen) atoms. The first kappa shape index (κ1) is 15.0. The summed E-state index contributed by atoms with van der Waals surface area (Å²) in [6, 6.07) is 7.39. The van der Waals surface area contributed by atoms with Crippen LogP contribution in [0.3, 0.4) is 0 Å². The molecule has 2 amide bonds. The molecule has 1 aromatic rings. The highest BCUT2D eigenvalue weighted by molar-refractivity contribution is 7.96. The zero-order valence-electron chi connectivity index (χ0n) is 11.9. The van der Waals surface area contributed by atoms with E-state index in [0.717, 1.165) is 37.4 Å². The van der Waals surface area contributed by atoms with E-state index >= 15 is 0 Å². The Morgan fingerprint density at radius 3 is 3.10 bits per heavy atom. The summed E-state index contributed by atoms with van der Waals surface area (Å²) in [5.74, 6) is 0.731. The summed E-state index contributed by atoms with van der Waals surface area (Å²) in [5.41, 5.74) is 0.736. The number of carbonyl (C=O) groups is 1. The Morgan fingerprint density at radius 2 is 2.35 bits per heavy atom. The standard InChI is InChI=1S/C14H21N3O2S/c1-19-13-7-3-5-11(9-13)15-14(18)16-12-6-4-8-17(10-12)20-2/h3,5,7,9,12H,4,6,8,10H2,1-2H3,(H2,15,16,18). The molecule has 0 bridgehead atoms. The molecular weight excluding hydrogens is 274 g/mol. The van der Waals surface area contributed by atoms with Crippen molar-refractivity contribution in [3.63, 3.8) is 0 Å². The summed E-state index contributed by atoms with van der Waals surface area (Å²) in [4.78, 5) is 12.0. The van der Waals surface area contributed by atoms with E-state index in [1.165, 1.54) is 0 Å². The van der Waals surface area contributed by atoms with E-state index in [9.17, 15) is 4.79 Å². The second-order valence-corrected chi connectivity index (χ2v) is 5.62. The Bertz CT molecular complexity index is 456. The molecule has 0 aliphatic carbocycles. The van der Waals surface area contributed by atoms with E-state index in [-0.39, 0.29) is 12.1 Å². The van der Waals surface area contributed by atoms with Crippen molar-refractivity contribution in [3.05, 3.63) is 24.3 Å². The second kappa shape index (κ2) is 7.40. The van der Waals surface area contributed by atoms with E-state index < -0.39 is 0 Å². The predicted octanol–water partition coefficient (Wildman–Crippen LogP) is 2.56. The third kappa shape index (κ3) is 4.31. The van der Waals surface area contributed by atoms with Crippen molar-refractivity contribution >= 4 is 23.7 Å². The second-order valence-electron chi connectivity index (χ2n) is 4.74. The van der Waals surface area contributed by atoms with Crippen molar-refractivity contribution in [2.45, 2.75) is 18.9 Å². The largest absolute Gasteiger partial charge is 0.497 e. The number of methoxy groups -OCH3 is 1. The van der Waals surface area contributed by atoms with Crippen LogP contribution in [0.1, 0.15) is 12.8 Å². The third-order valence-corrected chi connectivity index (χ3v) is 4.15. The van der Waals surface area contributed by atoms with Crippen LogP contribution < -0.4 is 15.4 Å². The minimum Gasteiger partial charge on any atom is -0.497 e. The quantitative estimate of drug-likeness (QED) is 0.838. The molecule has 0 radical (unpaired) electrons. The van der Waals surface area contributed by atoms with Crippen LogP contribution >= 0.6 is 11.9 Å². The number of nitrogens with zero attached hydrogens (tertiary/aromatic N) is 1. The van der Waals surface area contributed by atoms with Gasteiger partial charge in [0, 0.05) is 30.9 Å². The van der Waals surface area contributed by atoms with E-state index in [1.54, 1.807) is 25.1 Å². The van der Waals surface area contributed by atoms with Crippen LogP contribution in [0.2, 0.25) is 0 Å². The van der Waals surface area contributed by atoms with Crippen LogP contribution in [0.4, 0.5) is 10.5 Å². The van der Waals surface area contributed by atoms with Crippen molar-refractivity contribution in [1.29, 1.82) is 0 Å². The van der Waals surface area contributed by atoms with Gasteiger partial charge < -0.3 is 15.4 Å². The van der Waals surface area contributed by atoms with Crippen LogP contribution in [-0.2, 0) is 0 Å². The Kier molecular flexibility index (Phi) is 5.55. The fourth-order valence-electron chi connectivity index (χ4n) is 2.28. The fourth-order valence-corrected chi connectivity index (χ4v) is 2.92. The van der Waals surface area contributed by atoms with Gasteiger partial charge in [-0.15, -0.1) is 0 Å². The van der Waals surface area contributed by atoms with Gasteiger partial charge in [-0.2, -0.15) is 0 Å². The van der Waals surface area contributed by atoms with Gasteiger partial charge in [0.2, 0.25) is 0 Å². The van der Waals surface area contributed by atoms with Gasteiger partial charge in [-0.1, -0.05) is 18.0 Å². The predicted molar refractivity (Wildman–Crippen MR) is 83.3 cm³/mol. The molecule has 1 aliphatic heterocycles. The first-order valence-electron chi connectivity index (χ1n) is 6.72. The van der Waals surface area contributed by atoms with Crippen LogP contribution in [0.25, 0.3) is 0 Å². The van der Waals surface area contributed by atoms with Gasteiger partial charge in [-0.3, -0.25) is 0 Å². The topological polar surface area (TPSA) is 53.6 Å². The van der Waals surface area contributed by atoms with Crippen molar-refractivity contribution in [1.82, 2.24) is 9.62 Å². The maximum absolute atomic E-state index is 12.0. The molecule has 1 fully saturated rings. The molecule has 1 atom stereocenters. The fraction of sp³-hybridized carbons (Fsp3) is 0.500. The van der Waals surface area contributed by atoms with Gasteiger partial charge in [0.1, 0.15) is 5.75 Å². The molecule has 2 rings (SSSR count). The molecule has 0 spiro atoms. The number of benzene rings is 1. The molecule has 5 nitrogen and oxygen atoms in total. The van der Waals surface area contributed by atoms with Gasteiger partial charge in [0.25, 0.3) is 0 Å². The zero-order chi connectivity index (χ0) is 14.4. The van der Waals surface area contributed by atoms with Gasteiger partial charge in [-0.25, -0.2) is 9.10 Å². The molecule has 0 saturated carbocycles. The molecule has 110 valence electrons. The Balaban J connectivity index is 1.85. The Hall–Kier alpha value is -1.40. The third-order valence-electron chi connectivity index (χ3n) is 3.31. The summed E-state index contributed by atoms with van der Waals surface area (Å²) in [6.45, 7) is 1.99. The highest BCUT2D eigenvalue weighted by Crippen LogP contribution is 2.18. The summed E-state index contributed by atoms with van der Waals surface area (Å²) in [6.07, 6.45) is 4.21. The number of ether oxygens (including phenoxy) is 1. The molecule has 1 heterocycles. The number of hydrogen-bond acceptors (Lipinski definition) is 4. The maximum Gasteiger partial charge on any atom is 0.319 e. The highest BCUT2D eigenvalue weighted by atomic mass is 32.2. The zero-order valence-corrected chi connectivity index (χ0v) is 12.7. The maximum atomic E-state index is 12.0. The first-order chi connectivity index (χ1) is 9.71. The number of urea groups is 1. The average molecular weight is 295 g/mol. The summed E-state index contributed by atoms with van der Waals surface area (Å²) in [7, 11) is 1.61. The first-order valence-corrected chi connectivity index (χ1v) is 7.90. The molecule has 1 aliphatic rings. The minimum absolute atomic E-state index is 0.161. The number of nitrogens with one attached hydrogen (secondary N) is 2. The number of piperidine rings is 1. The van der Waals surface area contributed by atoms with Gasteiger partial charge in [-0.05, 0) is 31.2 Å². The SMILES string of the molecule is COc1cccc(NC(=O)NC2CCCN(SC)C2)c1. The van der Waals surface area contributed by atoms with E-state index in [4.69, 9.17) is 4.74 Å². The number of rotatable bonds is 4. The number of anilines is 1. The molecule has 1 saturated heterocycles. The van der Waals surface area contributed by atoms with Gasteiger partial charge in [0.15, 0.2) is 0 Å². The summed E-state index contributed by atoms with van der Waals surface area (Å²) < 4.78 is 7.41. The van der Waals surface area contributed by atoms with E-state index in [0.29, 0.717) is 0 Å². The normalized spacial score (nSPS) is 19.4. The van der Waals surface area contributed by atoms with Crippen LogP contribution in [-0.4, -0.2) is 42.8 Å². The van der Waals surface area contributed by atoms with Crippen LogP contribution in [0.15, 0.2) is 24.3 Å². The lowest BCUT2D eigenvalue weighted by atomic mass is 10.1. The van der Waals surface area contributed by atoms with Crippen molar-refractivity contribution < 1.29 is 9.53 Å². The Morgan fingerprint density at radius 1 is 1.50 bits per heavy atom. The smallest absolute Gasteiger partial charge is 0.319 e. The summed E-state index contributed by atoms with van der Waals surface area (Å²) >= 11 is 1.73. The molecular formula is C14H21N3O2S. The van der Waals surface area contributed by atoms with Crippen LogP contribution in [0.5, 0.6) is 5.75 Å². The van der Waals surface area contributed by atoms with Gasteiger partial charge in [0.05, 0.1) is 7.11 Å². The number of hydrogen-bond donors (Lipinski definition) is 2. The summed E-state index contributed by atoms with van der Waals surface area (Å²) in [5, 5.41) is 5.86. The lowest BCUT2D eigenvalue weighted by Crippen LogP contribution is -2.46.